The zero-order valence-electron chi connectivity index (χ0n) is 20.8. The molecule has 0 aromatic heterocycles. The molecule has 30 heavy (non-hydrogen) atoms. The Labute approximate surface area is 188 Å². The van der Waals surface area contributed by atoms with E-state index in [1.54, 1.807) is 0 Å². The van der Waals surface area contributed by atoms with Gasteiger partial charge in [0.05, 0.1) is 5.92 Å². The maximum Gasteiger partial charge on any atom is 0.309 e. The molecule has 1 heterocycles. The van der Waals surface area contributed by atoms with Gasteiger partial charge in [-0.3, -0.25) is 4.79 Å². The van der Waals surface area contributed by atoms with Crippen molar-refractivity contribution >= 4 is 5.97 Å². The third-order valence-electron chi connectivity index (χ3n) is 6.84. The number of carbonyl (C=O) groups is 1. The van der Waals surface area contributed by atoms with E-state index >= 15 is 0 Å². The molecule has 1 saturated heterocycles. The normalized spacial score (nSPS) is 16.6. The van der Waals surface area contributed by atoms with E-state index in [9.17, 15) is 4.79 Å². The summed E-state index contributed by atoms with van der Waals surface area (Å²) >= 11 is 0. The summed E-state index contributed by atoms with van der Waals surface area (Å²) in [7, 11) is 2.15. The molecule has 0 N–H and O–H groups in total. The van der Waals surface area contributed by atoms with E-state index in [-0.39, 0.29) is 18.0 Å². The molecule has 0 spiro atoms. The number of rotatable bonds is 19. The Morgan fingerprint density at radius 2 is 1.13 bits per heavy atom. The molecular formula is C27H53NO2. The van der Waals surface area contributed by atoms with Gasteiger partial charge in [0.1, 0.15) is 6.10 Å². The van der Waals surface area contributed by atoms with E-state index in [0.717, 1.165) is 38.8 Å². The van der Waals surface area contributed by atoms with Gasteiger partial charge < -0.3 is 9.64 Å². The lowest BCUT2D eigenvalue weighted by Crippen LogP contribution is -2.35. The molecule has 0 aromatic rings. The largest absolute Gasteiger partial charge is 0.462 e. The van der Waals surface area contributed by atoms with Gasteiger partial charge in [0.25, 0.3) is 0 Å². The van der Waals surface area contributed by atoms with Crippen molar-refractivity contribution in [3.63, 3.8) is 0 Å². The van der Waals surface area contributed by atoms with Crippen LogP contribution in [0.15, 0.2) is 0 Å². The monoisotopic (exact) mass is 423 g/mol. The molecule has 3 nitrogen and oxygen atoms in total. The minimum absolute atomic E-state index is 0.0932. The Hall–Kier alpha value is -0.570. The van der Waals surface area contributed by atoms with Crippen LogP contribution >= 0.6 is 0 Å². The van der Waals surface area contributed by atoms with Crippen LogP contribution in [0.2, 0.25) is 0 Å². The lowest BCUT2D eigenvalue weighted by atomic mass is 9.97. The smallest absolute Gasteiger partial charge is 0.309 e. The van der Waals surface area contributed by atoms with Crippen LogP contribution in [-0.2, 0) is 9.53 Å². The number of likely N-dealkylation sites (tertiary alicyclic amines) is 1. The van der Waals surface area contributed by atoms with Gasteiger partial charge in [0.2, 0.25) is 0 Å². The van der Waals surface area contributed by atoms with E-state index < -0.39 is 0 Å². The lowest BCUT2D eigenvalue weighted by Gasteiger charge is -2.29. The predicted molar refractivity (Wildman–Crippen MR) is 130 cm³/mol. The first-order chi connectivity index (χ1) is 14.7. The number of unbranched alkanes of at least 4 members (excludes halogenated alkanes) is 13. The third-order valence-corrected chi connectivity index (χ3v) is 6.84. The molecule has 1 atom stereocenters. The zero-order valence-corrected chi connectivity index (χ0v) is 20.8. The summed E-state index contributed by atoms with van der Waals surface area (Å²) in [5.41, 5.74) is 0. The Kier molecular flexibility index (Phi) is 17.5. The molecule has 178 valence electrons. The van der Waals surface area contributed by atoms with Crippen LogP contribution in [0, 0.1) is 5.92 Å². The number of hydrogen-bond acceptors (Lipinski definition) is 3. The fourth-order valence-electron chi connectivity index (χ4n) is 4.60. The summed E-state index contributed by atoms with van der Waals surface area (Å²) < 4.78 is 6.07. The standard InChI is InChI=1S/C27H53NO2/c1-4-6-8-10-12-14-16-18-20-26(19-17-15-13-11-9-7-5-2)30-27(29)25-21-23-28(3)24-22-25/h25-26H,4-24H2,1-3H3. The van der Waals surface area contributed by atoms with E-state index in [1.807, 2.05) is 0 Å². The summed E-state index contributed by atoms with van der Waals surface area (Å²) in [6.45, 7) is 6.60. The minimum Gasteiger partial charge on any atom is -0.462 e. The van der Waals surface area contributed by atoms with Gasteiger partial charge >= 0.3 is 5.97 Å². The van der Waals surface area contributed by atoms with Crippen molar-refractivity contribution in [2.24, 2.45) is 5.92 Å². The highest BCUT2D eigenvalue weighted by atomic mass is 16.5. The molecule has 1 fully saturated rings. The van der Waals surface area contributed by atoms with E-state index in [4.69, 9.17) is 4.74 Å². The molecule has 3 heteroatoms. The van der Waals surface area contributed by atoms with Gasteiger partial charge in [0, 0.05) is 0 Å². The number of piperidine rings is 1. The predicted octanol–water partition coefficient (Wildman–Crippen LogP) is 7.91. The van der Waals surface area contributed by atoms with Crippen molar-refractivity contribution in [3.8, 4) is 0 Å². The van der Waals surface area contributed by atoms with Crippen molar-refractivity contribution in [2.45, 2.75) is 142 Å². The van der Waals surface area contributed by atoms with E-state index in [2.05, 4.69) is 25.8 Å². The second kappa shape index (κ2) is 19.1. The summed E-state index contributed by atoms with van der Waals surface area (Å²) in [4.78, 5) is 15.0. The molecule has 1 aliphatic heterocycles. The molecule has 0 radical (unpaired) electrons. The maximum atomic E-state index is 12.7. The van der Waals surface area contributed by atoms with Crippen molar-refractivity contribution in [1.29, 1.82) is 0 Å². The van der Waals surface area contributed by atoms with Crippen molar-refractivity contribution in [3.05, 3.63) is 0 Å². The lowest BCUT2D eigenvalue weighted by molar-refractivity contribution is -0.156. The average Bonchev–Trinajstić information content (AvgIpc) is 2.75. The SMILES string of the molecule is CCCCCCCCCCC(CCCCCCCCC)OC(=O)C1CCN(C)CC1. The van der Waals surface area contributed by atoms with Crippen molar-refractivity contribution < 1.29 is 9.53 Å². The molecule has 0 bridgehead atoms. The van der Waals surface area contributed by atoms with E-state index in [1.165, 1.54) is 96.3 Å². The molecule has 0 saturated carbocycles. The molecule has 0 aliphatic carbocycles. The molecular weight excluding hydrogens is 370 g/mol. The second-order valence-corrected chi connectivity index (χ2v) is 9.81. The van der Waals surface area contributed by atoms with Crippen LogP contribution in [0.4, 0.5) is 0 Å². The Morgan fingerprint density at radius 3 is 1.57 bits per heavy atom. The first kappa shape index (κ1) is 27.5. The van der Waals surface area contributed by atoms with Crippen LogP contribution in [0.3, 0.4) is 0 Å². The maximum absolute atomic E-state index is 12.7. The van der Waals surface area contributed by atoms with Gasteiger partial charge in [-0.05, 0) is 58.7 Å². The number of hydrogen-bond donors (Lipinski definition) is 0. The summed E-state index contributed by atoms with van der Waals surface area (Å²) in [5.74, 6) is 0.229. The van der Waals surface area contributed by atoms with Gasteiger partial charge in [-0.25, -0.2) is 0 Å². The number of esters is 1. The van der Waals surface area contributed by atoms with Crippen LogP contribution in [0.5, 0.6) is 0 Å². The second-order valence-electron chi connectivity index (χ2n) is 9.81. The summed E-state index contributed by atoms with van der Waals surface area (Å²) in [5, 5.41) is 0. The van der Waals surface area contributed by atoms with Gasteiger partial charge in [-0.2, -0.15) is 0 Å². The third kappa shape index (κ3) is 14.4. The molecule has 1 aliphatic rings. The topological polar surface area (TPSA) is 29.5 Å². The Balaban J connectivity index is 2.26. The first-order valence-electron chi connectivity index (χ1n) is 13.6. The van der Waals surface area contributed by atoms with E-state index in [0.29, 0.717) is 0 Å². The van der Waals surface area contributed by atoms with Gasteiger partial charge in [-0.1, -0.05) is 97.3 Å². The molecule has 1 unspecified atom stereocenters. The summed E-state index contributed by atoms with van der Waals surface area (Å²) in [6, 6.07) is 0. The van der Waals surface area contributed by atoms with Crippen LogP contribution in [-0.4, -0.2) is 37.1 Å². The highest BCUT2D eigenvalue weighted by molar-refractivity contribution is 5.72. The van der Waals surface area contributed by atoms with Gasteiger partial charge in [0.15, 0.2) is 0 Å². The average molecular weight is 424 g/mol. The van der Waals surface area contributed by atoms with Crippen LogP contribution in [0.1, 0.15) is 136 Å². The number of ether oxygens (including phenoxy) is 1. The van der Waals surface area contributed by atoms with Crippen molar-refractivity contribution in [2.75, 3.05) is 20.1 Å². The number of nitrogens with zero attached hydrogens (tertiary/aromatic N) is 1. The minimum atomic E-state index is 0.0932. The molecule has 0 amide bonds. The van der Waals surface area contributed by atoms with Crippen LogP contribution in [0.25, 0.3) is 0 Å². The Morgan fingerprint density at radius 1 is 0.733 bits per heavy atom. The number of carbonyl (C=O) groups excluding carboxylic acids is 1. The quantitative estimate of drug-likeness (QED) is 0.156. The van der Waals surface area contributed by atoms with Gasteiger partial charge in [-0.15, -0.1) is 0 Å². The van der Waals surface area contributed by atoms with Crippen LogP contribution < -0.4 is 0 Å². The highest BCUT2D eigenvalue weighted by Gasteiger charge is 2.26. The fraction of sp³-hybridized carbons (Fsp3) is 0.963. The highest BCUT2D eigenvalue weighted by Crippen LogP contribution is 2.22. The van der Waals surface area contributed by atoms with Crippen molar-refractivity contribution in [1.82, 2.24) is 4.90 Å². The fourth-order valence-corrected chi connectivity index (χ4v) is 4.60. The molecule has 0 aromatic carbocycles. The Bertz CT molecular complexity index is 390. The first-order valence-corrected chi connectivity index (χ1v) is 13.6. The zero-order chi connectivity index (χ0) is 21.9. The molecule has 1 rings (SSSR count). The summed E-state index contributed by atoms with van der Waals surface area (Å²) in [6.07, 6.45) is 24.2.